The highest BCUT2D eigenvalue weighted by Gasteiger charge is 2.37. The number of ether oxygens (including phenoxy) is 1. The van der Waals surface area contributed by atoms with Crippen molar-refractivity contribution < 1.29 is 32.6 Å². The molecule has 1 fully saturated rings. The summed E-state index contributed by atoms with van der Waals surface area (Å²) < 4.78 is 44.2. The highest BCUT2D eigenvalue weighted by Crippen LogP contribution is 2.33. The van der Waals surface area contributed by atoms with Crippen molar-refractivity contribution in [2.24, 2.45) is 0 Å². The lowest BCUT2D eigenvalue weighted by Crippen LogP contribution is -2.38. The van der Waals surface area contributed by atoms with Crippen molar-refractivity contribution in [3.63, 3.8) is 0 Å². The van der Waals surface area contributed by atoms with Crippen molar-refractivity contribution in [2.75, 3.05) is 11.4 Å². The molecule has 2 aromatic rings. The fourth-order valence-electron chi connectivity index (χ4n) is 3.84. The van der Waals surface area contributed by atoms with Gasteiger partial charge in [-0.2, -0.15) is 13.2 Å². The lowest BCUT2D eigenvalue weighted by molar-refractivity contribution is -0.152. The number of carboxylic acid groups (broad SMARTS) is 1. The molecule has 1 unspecified atom stereocenters. The van der Waals surface area contributed by atoms with Gasteiger partial charge < -0.3 is 14.7 Å². The first-order chi connectivity index (χ1) is 15.2. The number of nitrogens with zero attached hydrogens (tertiary/aromatic N) is 2. The number of alkyl halides is 3. The Balaban J connectivity index is 1.78. The van der Waals surface area contributed by atoms with Crippen molar-refractivity contribution in [2.45, 2.75) is 59.0 Å². The monoisotopic (exact) mass is 464 g/mol. The highest BCUT2D eigenvalue weighted by atomic mass is 19.4. The number of aryl methyl sites for hydroxylation is 2. The smallest absolute Gasteiger partial charge is 0.416 e. The minimum atomic E-state index is -4.43. The van der Waals surface area contributed by atoms with Gasteiger partial charge in [-0.15, -0.1) is 0 Å². The van der Waals surface area contributed by atoms with Crippen molar-refractivity contribution in [3.05, 3.63) is 58.7 Å². The number of carbonyl (C=O) groups is 2. The van der Waals surface area contributed by atoms with Crippen LogP contribution in [-0.2, 0) is 17.5 Å². The number of halogens is 3. The van der Waals surface area contributed by atoms with Crippen LogP contribution in [0.5, 0.6) is 5.75 Å². The quantitative estimate of drug-likeness (QED) is 0.622. The Bertz CT molecular complexity index is 1040. The van der Waals surface area contributed by atoms with Gasteiger partial charge in [-0.25, -0.2) is 9.59 Å². The van der Waals surface area contributed by atoms with Crippen LogP contribution in [0, 0.1) is 13.8 Å². The molecule has 1 aliphatic rings. The summed E-state index contributed by atoms with van der Waals surface area (Å²) in [5.41, 5.74) is 0.603. The summed E-state index contributed by atoms with van der Waals surface area (Å²) in [6, 6.07) is 7.82. The fraction of sp³-hybridized carbons (Fsp3) is 0.417. The predicted octanol–water partition coefficient (Wildman–Crippen LogP) is 5.39. The number of benzene rings is 2. The van der Waals surface area contributed by atoms with E-state index in [9.17, 15) is 27.9 Å². The van der Waals surface area contributed by atoms with Gasteiger partial charge in [0.05, 0.1) is 5.56 Å². The molecule has 1 saturated heterocycles. The van der Waals surface area contributed by atoms with Gasteiger partial charge in [-0.05, 0) is 75.6 Å². The lowest BCUT2D eigenvalue weighted by atomic mass is 10.0. The Morgan fingerprint density at radius 2 is 1.67 bits per heavy atom. The van der Waals surface area contributed by atoms with E-state index in [0.717, 1.165) is 28.8 Å². The molecule has 3 rings (SSSR count). The second-order valence-electron chi connectivity index (χ2n) is 8.89. The molecule has 1 atom stereocenters. The van der Waals surface area contributed by atoms with Gasteiger partial charge in [0, 0.05) is 24.8 Å². The van der Waals surface area contributed by atoms with Crippen LogP contribution < -0.4 is 9.64 Å². The van der Waals surface area contributed by atoms with Crippen LogP contribution in [0.4, 0.5) is 23.7 Å². The summed E-state index contributed by atoms with van der Waals surface area (Å²) in [7, 11) is 0. The maximum Gasteiger partial charge on any atom is 0.416 e. The van der Waals surface area contributed by atoms with Crippen LogP contribution in [0.1, 0.15) is 43.0 Å². The average Bonchev–Trinajstić information content (AvgIpc) is 2.98. The zero-order valence-corrected chi connectivity index (χ0v) is 19.2. The Kier molecular flexibility index (Phi) is 6.37. The topological polar surface area (TPSA) is 70.1 Å². The third-order valence-electron chi connectivity index (χ3n) is 5.71. The lowest BCUT2D eigenvalue weighted by Gasteiger charge is -2.26. The molecule has 6 nitrogen and oxygen atoms in total. The molecule has 0 aliphatic carbocycles. The van der Waals surface area contributed by atoms with Crippen LogP contribution in [0.25, 0.3) is 0 Å². The van der Waals surface area contributed by atoms with E-state index in [0.29, 0.717) is 24.5 Å². The average molecular weight is 464 g/mol. The van der Waals surface area contributed by atoms with Gasteiger partial charge >= 0.3 is 18.2 Å². The number of rotatable bonds is 6. The third-order valence-corrected chi connectivity index (χ3v) is 5.71. The van der Waals surface area contributed by atoms with Crippen LogP contribution in [0.3, 0.4) is 0 Å². The van der Waals surface area contributed by atoms with Gasteiger partial charge in [0.1, 0.15) is 5.75 Å². The molecular formula is C24H27F3N2O4. The standard InChI is InChI=1S/C24H27F3N2O4/c1-14-10-17(11-15(2)20(14)33-23(4,5)21(30)31)13-28-16(3)12-29(22(28)32)19-8-6-18(7-9-19)24(25,26)27/h6-11,16H,12-13H2,1-5H3,(H,30,31). The number of carboxylic acids is 1. The molecule has 1 heterocycles. The van der Waals surface area contributed by atoms with Crippen LogP contribution in [0.15, 0.2) is 36.4 Å². The SMILES string of the molecule is Cc1cc(CN2C(=O)N(c3ccc(C(F)(F)F)cc3)CC2C)cc(C)c1OC(C)(C)C(=O)O. The van der Waals surface area contributed by atoms with E-state index in [4.69, 9.17) is 4.74 Å². The number of amides is 2. The molecule has 1 aliphatic heterocycles. The largest absolute Gasteiger partial charge is 0.478 e. The second kappa shape index (κ2) is 8.61. The highest BCUT2D eigenvalue weighted by molar-refractivity contribution is 5.94. The predicted molar refractivity (Wildman–Crippen MR) is 117 cm³/mol. The first-order valence-electron chi connectivity index (χ1n) is 10.5. The maximum absolute atomic E-state index is 13.0. The first-order valence-corrected chi connectivity index (χ1v) is 10.5. The number of anilines is 1. The second-order valence-corrected chi connectivity index (χ2v) is 8.89. The summed E-state index contributed by atoms with van der Waals surface area (Å²) in [6.45, 7) is 9.12. The summed E-state index contributed by atoms with van der Waals surface area (Å²) >= 11 is 0. The van der Waals surface area contributed by atoms with E-state index in [-0.39, 0.29) is 12.1 Å². The van der Waals surface area contributed by atoms with Gasteiger partial charge in [0.2, 0.25) is 0 Å². The minimum absolute atomic E-state index is 0.151. The first kappa shape index (κ1) is 24.4. The van der Waals surface area contributed by atoms with Crippen molar-refractivity contribution in [1.29, 1.82) is 0 Å². The summed E-state index contributed by atoms with van der Waals surface area (Å²) in [4.78, 5) is 27.6. The van der Waals surface area contributed by atoms with Crippen molar-refractivity contribution in [1.82, 2.24) is 4.90 Å². The Morgan fingerprint density at radius 3 is 2.15 bits per heavy atom. The Labute approximate surface area is 190 Å². The van der Waals surface area contributed by atoms with E-state index in [1.54, 1.807) is 4.90 Å². The van der Waals surface area contributed by atoms with E-state index in [1.807, 2.05) is 32.9 Å². The number of hydrogen-bond acceptors (Lipinski definition) is 3. The molecule has 1 N–H and O–H groups in total. The van der Waals surface area contributed by atoms with Crippen molar-refractivity contribution in [3.8, 4) is 5.75 Å². The number of aliphatic carboxylic acids is 1. The fourth-order valence-corrected chi connectivity index (χ4v) is 3.84. The zero-order chi connectivity index (χ0) is 24.7. The maximum atomic E-state index is 13.0. The molecule has 9 heteroatoms. The van der Waals surface area contributed by atoms with Gasteiger partial charge in [-0.1, -0.05) is 12.1 Å². The summed E-state index contributed by atoms with van der Waals surface area (Å²) in [5, 5.41) is 9.33. The van der Waals surface area contributed by atoms with Gasteiger partial charge in [0.15, 0.2) is 5.60 Å². The number of carbonyl (C=O) groups excluding carboxylic acids is 1. The number of urea groups is 1. The zero-order valence-electron chi connectivity index (χ0n) is 19.2. The molecule has 0 radical (unpaired) electrons. The molecule has 178 valence electrons. The van der Waals surface area contributed by atoms with Crippen LogP contribution in [0.2, 0.25) is 0 Å². The molecule has 33 heavy (non-hydrogen) atoms. The van der Waals surface area contributed by atoms with E-state index >= 15 is 0 Å². The van der Waals surface area contributed by atoms with E-state index in [2.05, 4.69) is 0 Å². The summed E-state index contributed by atoms with van der Waals surface area (Å²) in [6.07, 6.45) is -4.43. The number of hydrogen-bond donors (Lipinski definition) is 1. The van der Waals surface area contributed by atoms with Crippen LogP contribution in [-0.4, -0.2) is 40.2 Å². The van der Waals surface area contributed by atoms with E-state index < -0.39 is 23.3 Å². The van der Waals surface area contributed by atoms with Crippen LogP contribution >= 0.6 is 0 Å². The molecule has 0 bridgehead atoms. The van der Waals surface area contributed by atoms with Gasteiger partial charge in [0.25, 0.3) is 0 Å². The normalized spacial score (nSPS) is 17.0. The molecule has 2 aromatic carbocycles. The Hall–Kier alpha value is -3.23. The summed E-state index contributed by atoms with van der Waals surface area (Å²) in [5.74, 6) is -0.594. The molecular weight excluding hydrogens is 437 g/mol. The molecule has 2 amide bonds. The minimum Gasteiger partial charge on any atom is -0.478 e. The van der Waals surface area contributed by atoms with Crippen molar-refractivity contribution >= 4 is 17.7 Å². The third kappa shape index (κ3) is 5.07. The molecule has 0 saturated carbocycles. The van der Waals surface area contributed by atoms with Gasteiger partial charge in [-0.3, -0.25) is 4.90 Å². The molecule has 0 spiro atoms. The molecule has 0 aromatic heterocycles. The Morgan fingerprint density at radius 1 is 1.12 bits per heavy atom. The van der Waals surface area contributed by atoms with E-state index in [1.165, 1.54) is 30.9 Å².